The lowest BCUT2D eigenvalue weighted by Gasteiger charge is -2.36. The Balaban J connectivity index is 1.64. The van der Waals surface area contributed by atoms with Crippen LogP contribution in [0.25, 0.3) is 0 Å². The fourth-order valence-electron chi connectivity index (χ4n) is 6.65. The van der Waals surface area contributed by atoms with Crippen molar-refractivity contribution in [3.63, 3.8) is 0 Å². The fourth-order valence-corrected chi connectivity index (χ4v) is 6.65. The van der Waals surface area contributed by atoms with Crippen LogP contribution in [0.1, 0.15) is 89.7 Å². The standard InChI is InChI=1S/C36H50N4O4/c1-24(37-5)33(42)38-30(27-20-13-8-14-21-27)35(44)40-23-15-22-28(40)34(43)39-31(32(41)36(2,3)4)29(25-16-9-6-10-17-25)26-18-11-7-12-19-26/h6-7,9-12,16-19,24,27-31,37H,8,13-15,20-23H2,1-5H3,(H,38,42)(H,39,43)/t24-,28-,30-,31-/m0/s1. The molecular formula is C36H50N4O4. The Labute approximate surface area is 262 Å². The summed E-state index contributed by atoms with van der Waals surface area (Å²) in [4.78, 5) is 57.1. The van der Waals surface area contributed by atoms with Crippen LogP contribution in [0.5, 0.6) is 0 Å². The summed E-state index contributed by atoms with van der Waals surface area (Å²) in [6.07, 6.45) is 6.09. The predicted molar refractivity (Wildman–Crippen MR) is 173 cm³/mol. The smallest absolute Gasteiger partial charge is 0.246 e. The molecule has 238 valence electrons. The molecule has 1 heterocycles. The maximum Gasteiger partial charge on any atom is 0.246 e. The van der Waals surface area contributed by atoms with Gasteiger partial charge >= 0.3 is 0 Å². The second-order valence-electron chi connectivity index (χ2n) is 13.5. The van der Waals surface area contributed by atoms with Crippen LogP contribution in [0.4, 0.5) is 0 Å². The highest BCUT2D eigenvalue weighted by Crippen LogP contribution is 2.34. The number of rotatable bonds is 11. The number of nitrogens with zero attached hydrogens (tertiary/aromatic N) is 1. The number of likely N-dealkylation sites (tertiary alicyclic amines) is 1. The first-order chi connectivity index (χ1) is 21.0. The van der Waals surface area contributed by atoms with E-state index in [1.165, 1.54) is 0 Å². The van der Waals surface area contributed by atoms with Gasteiger partial charge in [0.1, 0.15) is 12.1 Å². The second kappa shape index (κ2) is 15.0. The summed E-state index contributed by atoms with van der Waals surface area (Å²) >= 11 is 0. The van der Waals surface area contributed by atoms with E-state index in [4.69, 9.17) is 0 Å². The Bertz CT molecular complexity index is 1230. The van der Waals surface area contributed by atoms with Gasteiger partial charge < -0.3 is 20.9 Å². The van der Waals surface area contributed by atoms with Gasteiger partial charge in [0.05, 0.1) is 12.1 Å². The molecule has 1 saturated heterocycles. The summed E-state index contributed by atoms with van der Waals surface area (Å²) in [6.45, 7) is 7.83. The summed E-state index contributed by atoms with van der Waals surface area (Å²) in [5.74, 6) is -1.20. The number of likely N-dealkylation sites (N-methyl/N-ethyl adjacent to an activating group) is 1. The Morgan fingerprint density at radius 1 is 0.795 bits per heavy atom. The number of benzene rings is 2. The monoisotopic (exact) mass is 602 g/mol. The minimum absolute atomic E-state index is 0.0318. The largest absolute Gasteiger partial charge is 0.344 e. The zero-order chi connectivity index (χ0) is 31.9. The van der Waals surface area contributed by atoms with Crippen molar-refractivity contribution in [2.24, 2.45) is 11.3 Å². The Kier molecular flexibility index (Phi) is 11.4. The molecule has 0 radical (unpaired) electrons. The number of Topliss-reactive ketones (excluding diaryl/α,β-unsaturated/α-hetero) is 1. The summed E-state index contributed by atoms with van der Waals surface area (Å²) in [5.41, 5.74) is 1.14. The third kappa shape index (κ3) is 7.95. The van der Waals surface area contributed by atoms with Gasteiger partial charge in [0.2, 0.25) is 17.7 Å². The molecule has 2 fully saturated rings. The third-order valence-electron chi connectivity index (χ3n) is 9.32. The van der Waals surface area contributed by atoms with Gasteiger partial charge in [-0.15, -0.1) is 0 Å². The van der Waals surface area contributed by atoms with Crippen LogP contribution in [-0.2, 0) is 19.2 Å². The van der Waals surface area contributed by atoms with Gasteiger partial charge in [-0.05, 0) is 56.7 Å². The molecule has 0 bridgehead atoms. The first kappa shape index (κ1) is 33.4. The van der Waals surface area contributed by atoms with E-state index >= 15 is 0 Å². The van der Waals surface area contributed by atoms with Crippen molar-refractivity contribution in [2.45, 2.75) is 103 Å². The molecule has 0 spiro atoms. The van der Waals surface area contributed by atoms with E-state index in [-0.39, 0.29) is 29.4 Å². The molecule has 1 aliphatic heterocycles. The highest BCUT2D eigenvalue weighted by Gasteiger charge is 2.44. The first-order valence-electron chi connectivity index (χ1n) is 16.3. The molecular weight excluding hydrogens is 552 g/mol. The highest BCUT2D eigenvalue weighted by atomic mass is 16.2. The van der Waals surface area contributed by atoms with Crippen LogP contribution < -0.4 is 16.0 Å². The lowest BCUT2D eigenvalue weighted by molar-refractivity contribution is -0.144. The molecule has 8 nitrogen and oxygen atoms in total. The SMILES string of the molecule is CN[C@@H](C)C(=O)N[C@H](C(=O)N1CCC[C@H]1C(=O)N[C@H](C(=O)C(C)(C)C)C(c1ccccc1)c1ccccc1)C1CCCCC1. The quantitative estimate of drug-likeness (QED) is 0.349. The molecule has 8 heteroatoms. The van der Waals surface area contributed by atoms with Crippen molar-refractivity contribution in [1.82, 2.24) is 20.9 Å². The number of nitrogens with one attached hydrogen (secondary N) is 3. The van der Waals surface area contributed by atoms with Gasteiger partial charge in [0.25, 0.3) is 0 Å². The van der Waals surface area contributed by atoms with Crippen LogP contribution >= 0.6 is 0 Å². The van der Waals surface area contributed by atoms with Crippen molar-refractivity contribution in [1.29, 1.82) is 0 Å². The maximum absolute atomic E-state index is 14.2. The predicted octanol–water partition coefficient (Wildman–Crippen LogP) is 4.58. The van der Waals surface area contributed by atoms with E-state index < -0.39 is 35.5 Å². The molecule has 0 aromatic heterocycles. The van der Waals surface area contributed by atoms with Crippen LogP contribution in [0.2, 0.25) is 0 Å². The number of hydrogen-bond donors (Lipinski definition) is 3. The first-order valence-corrected chi connectivity index (χ1v) is 16.3. The van der Waals surface area contributed by atoms with Gasteiger partial charge in [-0.25, -0.2) is 0 Å². The van der Waals surface area contributed by atoms with Crippen LogP contribution in [-0.4, -0.2) is 66.2 Å². The summed E-state index contributed by atoms with van der Waals surface area (Å²) < 4.78 is 0. The average molecular weight is 603 g/mol. The van der Waals surface area contributed by atoms with Gasteiger partial charge in [0.15, 0.2) is 5.78 Å². The Morgan fingerprint density at radius 3 is 1.89 bits per heavy atom. The number of ketones is 1. The van der Waals surface area contributed by atoms with Crippen LogP contribution in [0.15, 0.2) is 60.7 Å². The van der Waals surface area contributed by atoms with Gasteiger partial charge in [-0.3, -0.25) is 19.2 Å². The minimum Gasteiger partial charge on any atom is -0.344 e. The lowest BCUT2D eigenvalue weighted by Crippen LogP contribution is -2.59. The molecule has 1 saturated carbocycles. The fraction of sp³-hybridized carbons (Fsp3) is 0.556. The van der Waals surface area contributed by atoms with Crippen LogP contribution in [0.3, 0.4) is 0 Å². The van der Waals surface area contributed by atoms with E-state index in [1.54, 1.807) is 18.9 Å². The summed E-state index contributed by atoms with van der Waals surface area (Å²) in [7, 11) is 1.72. The van der Waals surface area contributed by atoms with E-state index in [0.29, 0.717) is 19.4 Å². The molecule has 2 aliphatic rings. The lowest BCUT2D eigenvalue weighted by atomic mass is 9.76. The topological polar surface area (TPSA) is 108 Å². The summed E-state index contributed by atoms with van der Waals surface area (Å²) in [6, 6.07) is 16.9. The van der Waals surface area contributed by atoms with Gasteiger partial charge in [-0.2, -0.15) is 0 Å². The number of hydrogen-bond acceptors (Lipinski definition) is 5. The zero-order valence-electron chi connectivity index (χ0n) is 27.0. The van der Waals surface area contributed by atoms with Crippen molar-refractivity contribution in [3.8, 4) is 0 Å². The molecule has 2 aromatic carbocycles. The number of carbonyl (C=O) groups excluding carboxylic acids is 4. The van der Waals surface area contributed by atoms with Gasteiger partial charge in [-0.1, -0.05) is 101 Å². The molecule has 3 N–H and O–H groups in total. The number of carbonyl (C=O) groups is 4. The molecule has 0 unspecified atom stereocenters. The molecule has 3 amide bonds. The molecule has 4 atom stereocenters. The third-order valence-corrected chi connectivity index (χ3v) is 9.32. The number of amides is 3. The average Bonchev–Trinajstić information content (AvgIpc) is 3.53. The maximum atomic E-state index is 14.2. The van der Waals surface area contributed by atoms with Crippen molar-refractivity contribution < 1.29 is 19.2 Å². The molecule has 2 aromatic rings. The van der Waals surface area contributed by atoms with E-state index in [1.807, 2.05) is 81.4 Å². The minimum atomic E-state index is -0.838. The van der Waals surface area contributed by atoms with E-state index in [0.717, 1.165) is 43.2 Å². The Morgan fingerprint density at radius 2 is 1.36 bits per heavy atom. The Hall–Kier alpha value is -3.52. The van der Waals surface area contributed by atoms with Gasteiger partial charge in [0, 0.05) is 17.9 Å². The molecule has 4 rings (SSSR count). The zero-order valence-corrected chi connectivity index (χ0v) is 27.0. The van der Waals surface area contributed by atoms with Crippen molar-refractivity contribution in [3.05, 3.63) is 71.8 Å². The highest BCUT2D eigenvalue weighted by molar-refractivity contribution is 5.97. The summed E-state index contributed by atoms with van der Waals surface area (Å²) in [5, 5.41) is 9.15. The molecule has 1 aliphatic carbocycles. The van der Waals surface area contributed by atoms with Crippen molar-refractivity contribution >= 4 is 23.5 Å². The van der Waals surface area contributed by atoms with Crippen molar-refractivity contribution in [2.75, 3.05) is 13.6 Å². The van der Waals surface area contributed by atoms with Crippen LogP contribution in [0, 0.1) is 11.3 Å². The molecule has 44 heavy (non-hydrogen) atoms. The van der Waals surface area contributed by atoms with E-state index in [9.17, 15) is 19.2 Å². The second-order valence-corrected chi connectivity index (χ2v) is 13.5. The normalized spacial score (nSPS) is 19.7. The van der Waals surface area contributed by atoms with E-state index in [2.05, 4.69) is 16.0 Å².